The Morgan fingerprint density at radius 2 is 1.81 bits per heavy atom. The first-order valence-electron chi connectivity index (χ1n) is 8.29. The Bertz CT molecular complexity index is 777. The molecule has 9 heteroatoms. The van der Waals surface area contributed by atoms with Crippen molar-refractivity contribution < 1.29 is 14.3 Å². The largest absolute Gasteiger partial charge is 0.481 e. The summed E-state index contributed by atoms with van der Waals surface area (Å²) in [5.74, 6) is 1.62. The zero-order valence-electron chi connectivity index (χ0n) is 15.1. The molecule has 1 aliphatic heterocycles. The van der Waals surface area contributed by atoms with E-state index in [0.29, 0.717) is 49.6 Å². The second kappa shape index (κ2) is 7.85. The lowest BCUT2D eigenvalue weighted by molar-refractivity contribution is 0.208. The van der Waals surface area contributed by atoms with Crippen LogP contribution in [0.1, 0.15) is 5.69 Å². The Kier molecular flexibility index (Phi) is 5.35. The highest BCUT2D eigenvalue weighted by molar-refractivity contribution is 5.89. The van der Waals surface area contributed by atoms with Gasteiger partial charge >= 0.3 is 6.03 Å². The zero-order valence-corrected chi connectivity index (χ0v) is 15.1. The van der Waals surface area contributed by atoms with Crippen molar-refractivity contribution >= 4 is 17.7 Å². The van der Waals surface area contributed by atoms with Crippen LogP contribution in [0, 0.1) is 6.92 Å². The monoisotopic (exact) mass is 358 g/mol. The second-order valence-corrected chi connectivity index (χ2v) is 5.84. The number of nitrogens with one attached hydrogen (secondary N) is 1. The molecule has 0 bridgehead atoms. The number of aromatic nitrogens is 3. The molecule has 0 saturated carbocycles. The van der Waals surface area contributed by atoms with Crippen LogP contribution < -0.4 is 19.7 Å². The van der Waals surface area contributed by atoms with Crippen LogP contribution >= 0.6 is 0 Å². The quantitative estimate of drug-likeness (QED) is 0.886. The van der Waals surface area contributed by atoms with Crippen molar-refractivity contribution in [1.29, 1.82) is 0 Å². The van der Waals surface area contributed by atoms with Crippen LogP contribution in [0.3, 0.4) is 0 Å². The van der Waals surface area contributed by atoms with E-state index in [1.54, 1.807) is 36.4 Å². The summed E-state index contributed by atoms with van der Waals surface area (Å²) >= 11 is 0. The van der Waals surface area contributed by atoms with Gasteiger partial charge in [0.05, 0.1) is 14.2 Å². The molecule has 0 aromatic carbocycles. The van der Waals surface area contributed by atoms with Crippen molar-refractivity contribution in [1.82, 2.24) is 19.9 Å². The fourth-order valence-electron chi connectivity index (χ4n) is 2.68. The van der Waals surface area contributed by atoms with E-state index in [4.69, 9.17) is 9.47 Å². The molecule has 9 nitrogen and oxygen atoms in total. The molecule has 2 amide bonds. The lowest BCUT2D eigenvalue weighted by Gasteiger charge is -2.34. The van der Waals surface area contributed by atoms with Gasteiger partial charge in [-0.15, -0.1) is 0 Å². The second-order valence-electron chi connectivity index (χ2n) is 5.84. The number of methoxy groups -OCH3 is 2. The molecule has 26 heavy (non-hydrogen) atoms. The lowest BCUT2D eigenvalue weighted by Crippen LogP contribution is -2.50. The predicted octanol–water partition coefficient (Wildman–Crippen LogP) is 1.55. The number of amides is 2. The van der Waals surface area contributed by atoms with Crippen molar-refractivity contribution in [3.05, 3.63) is 30.1 Å². The molecule has 138 valence electrons. The number of aryl methyl sites for hydroxylation is 1. The van der Waals surface area contributed by atoms with Crippen LogP contribution in [0.2, 0.25) is 0 Å². The van der Waals surface area contributed by atoms with Crippen molar-refractivity contribution in [2.24, 2.45) is 0 Å². The minimum atomic E-state index is -0.152. The summed E-state index contributed by atoms with van der Waals surface area (Å²) in [7, 11) is 3.12. The van der Waals surface area contributed by atoms with Crippen molar-refractivity contribution in [2.45, 2.75) is 6.92 Å². The van der Waals surface area contributed by atoms with E-state index >= 15 is 0 Å². The molecule has 1 aliphatic rings. The summed E-state index contributed by atoms with van der Waals surface area (Å²) in [6.07, 6.45) is 1.59. The maximum Gasteiger partial charge on any atom is 0.321 e. The van der Waals surface area contributed by atoms with Gasteiger partial charge in [-0.3, -0.25) is 0 Å². The van der Waals surface area contributed by atoms with E-state index in [-0.39, 0.29) is 6.03 Å². The number of hydrogen-bond acceptors (Lipinski definition) is 7. The molecule has 1 fully saturated rings. The van der Waals surface area contributed by atoms with Crippen molar-refractivity contribution in [2.75, 3.05) is 50.6 Å². The molecular weight excluding hydrogens is 336 g/mol. The van der Waals surface area contributed by atoms with Gasteiger partial charge in [0, 0.05) is 55.9 Å². The van der Waals surface area contributed by atoms with Gasteiger partial charge in [0.1, 0.15) is 0 Å². The van der Waals surface area contributed by atoms with Gasteiger partial charge in [0.2, 0.25) is 17.7 Å². The SMILES string of the molecule is COc1cc(NC(=O)N2CCN(c3nc(C)cc(OC)n3)CC2)ccn1. The fraction of sp³-hybridized carbons (Fsp3) is 0.412. The number of pyridine rings is 1. The standard InChI is InChI=1S/C17H22N6O3/c1-12-10-15(26-3)21-16(19-12)22-6-8-23(9-7-22)17(24)20-13-4-5-18-14(11-13)25-2/h4-5,10-11H,6-9H2,1-3H3,(H,18,20,24). The number of ether oxygens (including phenoxy) is 2. The molecule has 1 saturated heterocycles. The summed E-state index contributed by atoms with van der Waals surface area (Å²) in [6.45, 7) is 4.36. The average Bonchev–Trinajstić information content (AvgIpc) is 2.67. The Morgan fingerprint density at radius 3 is 2.50 bits per heavy atom. The van der Waals surface area contributed by atoms with Gasteiger partial charge in [0.15, 0.2) is 0 Å². The lowest BCUT2D eigenvalue weighted by atomic mass is 10.3. The van der Waals surface area contributed by atoms with Crippen LogP contribution in [0.4, 0.5) is 16.4 Å². The van der Waals surface area contributed by atoms with Gasteiger partial charge < -0.3 is 24.6 Å². The van der Waals surface area contributed by atoms with Crippen LogP contribution in [0.15, 0.2) is 24.4 Å². The predicted molar refractivity (Wildman–Crippen MR) is 96.9 cm³/mol. The van der Waals surface area contributed by atoms with Gasteiger partial charge in [-0.25, -0.2) is 14.8 Å². The van der Waals surface area contributed by atoms with Crippen LogP contribution in [0.25, 0.3) is 0 Å². The average molecular weight is 358 g/mol. The van der Waals surface area contributed by atoms with Crippen LogP contribution in [-0.2, 0) is 0 Å². The maximum atomic E-state index is 12.4. The smallest absolute Gasteiger partial charge is 0.321 e. The number of piperazine rings is 1. The molecule has 2 aromatic heterocycles. The van der Waals surface area contributed by atoms with E-state index in [1.165, 1.54) is 7.11 Å². The molecule has 0 atom stereocenters. The molecule has 3 rings (SSSR count). The van der Waals surface area contributed by atoms with Crippen LogP contribution in [0.5, 0.6) is 11.8 Å². The van der Waals surface area contributed by atoms with Gasteiger partial charge in [-0.1, -0.05) is 0 Å². The first-order chi connectivity index (χ1) is 12.6. The number of rotatable bonds is 4. The fourth-order valence-corrected chi connectivity index (χ4v) is 2.68. The highest BCUT2D eigenvalue weighted by atomic mass is 16.5. The third-order valence-electron chi connectivity index (χ3n) is 4.07. The molecular formula is C17H22N6O3. The summed E-state index contributed by atoms with van der Waals surface area (Å²) in [6, 6.07) is 5.04. The summed E-state index contributed by atoms with van der Waals surface area (Å²) in [5.41, 5.74) is 1.50. The number of urea groups is 1. The Hall–Kier alpha value is -3.10. The highest BCUT2D eigenvalue weighted by Gasteiger charge is 2.23. The molecule has 0 unspecified atom stereocenters. The minimum Gasteiger partial charge on any atom is -0.481 e. The highest BCUT2D eigenvalue weighted by Crippen LogP contribution is 2.18. The normalized spacial score (nSPS) is 14.1. The first-order valence-corrected chi connectivity index (χ1v) is 8.29. The molecule has 3 heterocycles. The number of carbonyl (C=O) groups excluding carboxylic acids is 1. The number of hydrogen-bond donors (Lipinski definition) is 1. The number of carbonyl (C=O) groups is 1. The number of anilines is 2. The topological polar surface area (TPSA) is 92.7 Å². The summed E-state index contributed by atoms with van der Waals surface area (Å²) < 4.78 is 10.3. The molecule has 0 aliphatic carbocycles. The zero-order chi connectivity index (χ0) is 18.5. The van der Waals surface area contributed by atoms with E-state index in [2.05, 4.69) is 25.2 Å². The Labute approximate surface area is 152 Å². The molecule has 0 radical (unpaired) electrons. The third kappa shape index (κ3) is 4.11. The van der Waals surface area contributed by atoms with Gasteiger partial charge in [-0.05, 0) is 13.0 Å². The minimum absolute atomic E-state index is 0.152. The summed E-state index contributed by atoms with van der Waals surface area (Å²) in [4.78, 5) is 29.1. The van der Waals surface area contributed by atoms with Gasteiger partial charge in [0.25, 0.3) is 0 Å². The van der Waals surface area contributed by atoms with Crippen LogP contribution in [-0.4, -0.2) is 66.3 Å². The summed E-state index contributed by atoms with van der Waals surface area (Å²) in [5, 5.41) is 2.87. The van der Waals surface area contributed by atoms with Gasteiger partial charge in [-0.2, -0.15) is 4.98 Å². The molecule has 2 aromatic rings. The Morgan fingerprint density at radius 1 is 1.08 bits per heavy atom. The third-order valence-corrected chi connectivity index (χ3v) is 4.07. The molecule has 1 N–H and O–H groups in total. The van der Waals surface area contributed by atoms with E-state index in [1.807, 2.05) is 6.92 Å². The number of nitrogens with zero attached hydrogens (tertiary/aromatic N) is 5. The maximum absolute atomic E-state index is 12.4. The first kappa shape index (κ1) is 17.7. The van der Waals surface area contributed by atoms with E-state index in [9.17, 15) is 4.79 Å². The van der Waals surface area contributed by atoms with Crippen molar-refractivity contribution in [3.63, 3.8) is 0 Å². The Balaban J connectivity index is 1.59. The van der Waals surface area contributed by atoms with E-state index < -0.39 is 0 Å². The molecule has 0 spiro atoms. The van der Waals surface area contributed by atoms with Crippen molar-refractivity contribution in [3.8, 4) is 11.8 Å². The van der Waals surface area contributed by atoms with E-state index in [0.717, 1.165) is 5.69 Å².